The van der Waals surface area contributed by atoms with Crippen molar-refractivity contribution in [3.8, 4) is 0 Å². The predicted molar refractivity (Wildman–Crippen MR) is 48.3 cm³/mol. The van der Waals surface area contributed by atoms with Gasteiger partial charge in [-0.05, 0) is 12.3 Å². The molecular formula is C7H13F3N2O2S. The van der Waals surface area contributed by atoms with Crippen LogP contribution < -0.4 is 5.73 Å². The van der Waals surface area contributed by atoms with Crippen molar-refractivity contribution in [3.05, 3.63) is 0 Å². The first-order valence-corrected chi connectivity index (χ1v) is 5.90. The summed E-state index contributed by atoms with van der Waals surface area (Å²) in [4.78, 5) is 0. The highest BCUT2D eigenvalue weighted by atomic mass is 32.2. The van der Waals surface area contributed by atoms with Gasteiger partial charge in [0.15, 0.2) is 0 Å². The van der Waals surface area contributed by atoms with Gasteiger partial charge in [0.05, 0.1) is 0 Å². The van der Waals surface area contributed by atoms with E-state index < -0.39 is 21.6 Å². The smallest absolute Gasteiger partial charge is 0.326 e. The van der Waals surface area contributed by atoms with Crippen LogP contribution in [0.2, 0.25) is 0 Å². The average molecular weight is 246 g/mol. The number of hydrogen-bond donors (Lipinski definition) is 1. The highest BCUT2D eigenvalue weighted by Gasteiger charge is 2.51. The molecule has 1 aliphatic heterocycles. The minimum absolute atomic E-state index is 0.116. The van der Waals surface area contributed by atoms with Gasteiger partial charge in [-0.15, -0.1) is 0 Å². The predicted octanol–water partition coefficient (Wildman–Crippen LogP) is 0.505. The lowest BCUT2D eigenvalue weighted by Gasteiger charge is -2.33. The molecule has 2 unspecified atom stereocenters. The summed E-state index contributed by atoms with van der Waals surface area (Å²) in [6.45, 7) is 1.31. The highest BCUT2D eigenvalue weighted by Crippen LogP contribution is 2.29. The zero-order valence-corrected chi connectivity index (χ0v) is 8.98. The maximum absolute atomic E-state index is 12.2. The lowest BCUT2D eigenvalue weighted by Crippen LogP contribution is -2.52. The van der Waals surface area contributed by atoms with Crippen LogP contribution in [-0.2, 0) is 10.0 Å². The summed E-state index contributed by atoms with van der Waals surface area (Å²) in [6, 6.07) is -0.522. The molecule has 90 valence electrons. The monoisotopic (exact) mass is 246 g/mol. The number of piperidine rings is 1. The third-order valence-corrected chi connectivity index (χ3v) is 3.85. The van der Waals surface area contributed by atoms with Crippen LogP contribution in [0.3, 0.4) is 0 Å². The first-order valence-electron chi connectivity index (χ1n) is 4.46. The summed E-state index contributed by atoms with van der Waals surface area (Å²) in [5.74, 6) is -0.147. The molecule has 0 aliphatic carbocycles. The van der Waals surface area contributed by atoms with Crippen molar-refractivity contribution in [2.45, 2.75) is 24.9 Å². The Bertz CT molecular complexity index is 318. The van der Waals surface area contributed by atoms with E-state index in [-0.39, 0.29) is 19.0 Å². The second-order valence-electron chi connectivity index (χ2n) is 3.87. The molecule has 0 bridgehead atoms. The number of hydrogen-bond acceptors (Lipinski definition) is 3. The van der Waals surface area contributed by atoms with E-state index in [9.17, 15) is 21.6 Å². The summed E-state index contributed by atoms with van der Waals surface area (Å²) in [5.41, 5.74) is 0.250. The molecule has 1 heterocycles. The fourth-order valence-electron chi connectivity index (χ4n) is 1.69. The Morgan fingerprint density at radius 2 is 1.87 bits per heavy atom. The zero-order valence-electron chi connectivity index (χ0n) is 8.16. The molecule has 1 aliphatic rings. The second kappa shape index (κ2) is 3.91. The minimum atomic E-state index is -5.23. The van der Waals surface area contributed by atoms with Crippen LogP contribution in [0.15, 0.2) is 0 Å². The quantitative estimate of drug-likeness (QED) is 0.733. The largest absolute Gasteiger partial charge is 0.511 e. The van der Waals surface area contributed by atoms with Crippen molar-refractivity contribution in [2.75, 3.05) is 13.1 Å². The third kappa shape index (κ3) is 2.61. The van der Waals surface area contributed by atoms with Gasteiger partial charge in [0.25, 0.3) is 0 Å². The number of sulfonamides is 1. The maximum atomic E-state index is 12.2. The summed E-state index contributed by atoms with van der Waals surface area (Å²) in [6.07, 6.45) is 0.546. The fourth-order valence-corrected chi connectivity index (χ4v) is 2.82. The number of alkyl halides is 3. The summed E-state index contributed by atoms with van der Waals surface area (Å²) < 4.78 is 59.1. The van der Waals surface area contributed by atoms with Crippen LogP contribution >= 0.6 is 0 Å². The Labute approximate surface area is 86.3 Å². The van der Waals surface area contributed by atoms with E-state index >= 15 is 0 Å². The minimum Gasteiger partial charge on any atom is -0.326 e. The second-order valence-corrected chi connectivity index (χ2v) is 5.80. The van der Waals surface area contributed by atoms with Gasteiger partial charge in [-0.25, -0.2) is 8.42 Å². The zero-order chi connectivity index (χ0) is 11.9. The lowest BCUT2D eigenvalue weighted by molar-refractivity contribution is -0.0499. The summed E-state index contributed by atoms with van der Waals surface area (Å²) in [5, 5.41) is 0. The number of nitrogens with zero attached hydrogens (tertiary/aromatic N) is 1. The molecule has 15 heavy (non-hydrogen) atoms. The van der Waals surface area contributed by atoms with Gasteiger partial charge in [-0.1, -0.05) is 6.92 Å². The van der Waals surface area contributed by atoms with Crippen LogP contribution in [0.1, 0.15) is 13.3 Å². The van der Waals surface area contributed by atoms with E-state index in [2.05, 4.69) is 0 Å². The Kier molecular flexibility index (Phi) is 3.32. The van der Waals surface area contributed by atoms with Crippen LogP contribution in [0.5, 0.6) is 0 Å². The Balaban J connectivity index is 2.89. The van der Waals surface area contributed by atoms with E-state index in [0.717, 1.165) is 0 Å². The molecule has 1 fully saturated rings. The first kappa shape index (κ1) is 12.7. The molecule has 0 saturated carbocycles. The standard InChI is InChI=1S/C7H13F3N2O2S/c1-5-2-6(11)4-12(3-5)15(13,14)7(8,9)10/h5-6H,2-4,11H2,1H3. The van der Waals surface area contributed by atoms with Gasteiger partial charge >= 0.3 is 15.5 Å². The maximum Gasteiger partial charge on any atom is 0.511 e. The van der Waals surface area contributed by atoms with Crippen molar-refractivity contribution < 1.29 is 21.6 Å². The molecular weight excluding hydrogens is 233 g/mol. The molecule has 4 nitrogen and oxygen atoms in total. The van der Waals surface area contributed by atoms with Gasteiger partial charge in [0.1, 0.15) is 0 Å². The molecule has 1 rings (SSSR count). The fraction of sp³-hybridized carbons (Fsp3) is 1.00. The van der Waals surface area contributed by atoms with Crippen molar-refractivity contribution >= 4 is 10.0 Å². The average Bonchev–Trinajstić information content (AvgIpc) is 1.99. The van der Waals surface area contributed by atoms with E-state index in [1.54, 1.807) is 6.92 Å². The van der Waals surface area contributed by atoms with Crippen molar-refractivity contribution in [3.63, 3.8) is 0 Å². The van der Waals surface area contributed by atoms with E-state index in [4.69, 9.17) is 5.73 Å². The molecule has 0 aromatic rings. The van der Waals surface area contributed by atoms with Crippen molar-refractivity contribution in [1.82, 2.24) is 4.31 Å². The van der Waals surface area contributed by atoms with E-state index in [1.807, 2.05) is 0 Å². The third-order valence-electron chi connectivity index (χ3n) is 2.29. The van der Waals surface area contributed by atoms with Gasteiger partial charge < -0.3 is 5.73 Å². The Morgan fingerprint density at radius 3 is 2.27 bits per heavy atom. The highest BCUT2D eigenvalue weighted by molar-refractivity contribution is 7.90. The number of rotatable bonds is 1. The number of halogens is 3. The summed E-state index contributed by atoms with van der Waals surface area (Å²) >= 11 is 0. The molecule has 0 amide bonds. The molecule has 2 N–H and O–H groups in total. The summed E-state index contributed by atoms with van der Waals surface area (Å²) in [7, 11) is -5.21. The molecule has 8 heteroatoms. The lowest BCUT2D eigenvalue weighted by atomic mass is 9.99. The molecule has 0 aromatic carbocycles. The van der Waals surface area contributed by atoms with Gasteiger partial charge in [-0.2, -0.15) is 17.5 Å². The SMILES string of the molecule is CC1CC(N)CN(S(=O)(=O)C(F)(F)F)C1. The van der Waals surface area contributed by atoms with Crippen molar-refractivity contribution in [2.24, 2.45) is 11.7 Å². The van der Waals surface area contributed by atoms with Gasteiger partial charge in [0, 0.05) is 19.1 Å². The van der Waals surface area contributed by atoms with Gasteiger partial charge in [-0.3, -0.25) is 0 Å². The molecule has 0 spiro atoms. The normalized spacial score (nSPS) is 30.5. The molecule has 0 radical (unpaired) electrons. The first-order chi connectivity index (χ1) is 6.64. The Morgan fingerprint density at radius 1 is 1.33 bits per heavy atom. The molecule has 2 atom stereocenters. The molecule has 1 saturated heterocycles. The van der Waals surface area contributed by atoms with Crippen molar-refractivity contribution in [1.29, 1.82) is 0 Å². The number of nitrogens with two attached hydrogens (primary N) is 1. The van der Waals surface area contributed by atoms with Gasteiger partial charge in [0.2, 0.25) is 0 Å². The van der Waals surface area contributed by atoms with E-state index in [1.165, 1.54) is 0 Å². The van der Waals surface area contributed by atoms with Crippen LogP contribution in [-0.4, -0.2) is 37.4 Å². The van der Waals surface area contributed by atoms with Crippen LogP contribution in [0.25, 0.3) is 0 Å². The molecule has 0 aromatic heterocycles. The Hall–Kier alpha value is -0.340. The van der Waals surface area contributed by atoms with E-state index in [0.29, 0.717) is 10.7 Å². The topological polar surface area (TPSA) is 63.4 Å². The van der Waals surface area contributed by atoms with Crippen LogP contribution in [0.4, 0.5) is 13.2 Å². The van der Waals surface area contributed by atoms with Crippen LogP contribution in [0, 0.1) is 5.92 Å².